The summed E-state index contributed by atoms with van der Waals surface area (Å²) < 4.78 is 0. The third kappa shape index (κ3) is 2.72. The Hall–Kier alpha value is -2.14. The maximum atomic E-state index is 12.1. The normalized spacial score (nSPS) is 22.1. The fourth-order valence-electron chi connectivity index (χ4n) is 2.35. The first-order valence-electron chi connectivity index (χ1n) is 6.39. The van der Waals surface area contributed by atoms with Crippen LogP contribution in [0, 0.1) is 12.8 Å². The van der Waals surface area contributed by atoms with Gasteiger partial charge in [-0.1, -0.05) is 35.9 Å². The van der Waals surface area contributed by atoms with Crippen LogP contribution in [0.15, 0.2) is 36.9 Å². The highest BCUT2D eigenvalue weighted by molar-refractivity contribution is 5.99. The Bertz CT molecular complexity index is 523. The number of benzene rings is 1. The monoisotopic (exact) mass is 275 g/mol. The number of carbonyl (C=O) groups excluding carboxylic acids is 1. The van der Waals surface area contributed by atoms with Gasteiger partial charge in [0.1, 0.15) is 5.92 Å². The number of nitrogens with zero attached hydrogens (tertiary/aromatic N) is 1. The van der Waals surface area contributed by atoms with E-state index in [0.717, 1.165) is 16.2 Å². The number of carbonyl (C=O) groups is 2. The number of aliphatic carboxylic acids is 1. The van der Waals surface area contributed by atoms with Crippen LogP contribution in [0.4, 0.5) is 0 Å². The molecule has 1 aliphatic heterocycles. The summed E-state index contributed by atoms with van der Waals surface area (Å²) in [6, 6.07) is 7.54. The smallest absolute Gasteiger partial charge is 0.316 e. The van der Waals surface area contributed by atoms with Crippen LogP contribution in [0.25, 0.3) is 0 Å². The minimum atomic E-state index is -1.12. The molecule has 0 aliphatic carbocycles. The summed E-state index contributed by atoms with van der Waals surface area (Å²) in [6.07, 6.45) is 1.52. The molecule has 106 valence electrons. The third-order valence-electron chi connectivity index (χ3n) is 3.40. The minimum Gasteiger partial charge on any atom is -0.481 e. The minimum absolute atomic E-state index is 0.179. The van der Waals surface area contributed by atoms with Gasteiger partial charge in [-0.25, -0.2) is 5.06 Å². The van der Waals surface area contributed by atoms with Crippen LogP contribution in [0.3, 0.4) is 0 Å². The van der Waals surface area contributed by atoms with E-state index in [1.807, 2.05) is 31.2 Å². The molecular formula is C15H17NO4. The van der Waals surface area contributed by atoms with Gasteiger partial charge >= 0.3 is 5.97 Å². The third-order valence-corrected chi connectivity index (χ3v) is 3.40. The molecule has 0 saturated carbocycles. The standard InChI is InChI=1S/C15H17NO4/c1-3-8-20-16-9-12(13(14(16)17)15(18)19)11-6-4-10(2)5-7-11/h3-7,12-13H,1,8-9H2,2H3,(H,18,19). The van der Waals surface area contributed by atoms with Crippen LogP contribution in [0.5, 0.6) is 0 Å². The Labute approximate surface area is 117 Å². The van der Waals surface area contributed by atoms with Gasteiger partial charge in [-0.15, -0.1) is 6.58 Å². The summed E-state index contributed by atoms with van der Waals surface area (Å²) >= 11 is 0. The van der Waals surface area contributed by atoms with Crippen molar-refractivity contribution < 1.29 is 19.5 Å². The van der Waals surface area contributed by atoms with Crippen LogP contribution in [-0.4, -0.2) is 35.2 Å². The zero-order valence-corrected chi connectivity index (χ0v) is 11.3. The maximum absolute atomic E-state index is 12.1. The van der Waals surface area contributed by atoms with Gasteiger partial charge in [-0.2, -0.15) is 0 Å². The molecule has 1 saturated heterocycles. The summed E-state index contributed by atoms with van der Waals surface area (Å²) in [5.74, 6) is -3.12. The number of carboxylic acids is 1. The number of carboxylic acid groups (broad SMARTS) is 1. The first-order chi connectivity index (χ1) is 9.54. The van der Waals surface area contributed by atoms with E-state index in [1.165, 1.54) is 6.08 Å². The molecule has 1 aromatic rings. The largest absolute Gasteiger partial charge is 0.481 e. The molecule has 5 nitrogen and oxygen atoms in total. The molecule has 2 unspecified atom stereocenters. The highest BCUT2D eigenvalue weighted by atomic mass is 16.7. The van der Waals surface area contributed by atoms with Crippen LogP contribution >= 0.6 is 0 Å². The van der Waals surface area contributed by atoms with Crippen molar-refractivity contribution in [1.29, 1.82) is 0 Å². The van der Waals surface area contributed by atoms with Crippen molar-refractivity contribution in [2.45, 2.75) is 12.8 Å². The Morgan fingerprint density at radius 3 is 2.70 bits per heavy atom. The average molecular weight is 275 g/mol. The van der Waals surface area contributed by atoms with Crippen molar-refractivity contribution in [3.8, 4) is 0 Å². The molecule has 0 aromatic heterocycles. The topological polar surface area (TPSA) is 66.8 Å². The van der Waals surface area contributed by atoms with Crippen LogP contribution in [0.2, 0.25) is 0 Å². The molecule has 1 N–H and O–H groups in total. The fraction of sp³-hybridized carbons (Fsp3) is 0.333. The van der Waals surface area contributed by atoms with E-state index in [-0.39, 0.29) is 13.2 Å². The summed E-state index contributed by atoms with van der Waals surface area (Å²) in [6.45, 7) is 5.89. The molecule has 2 atom stereocenters. The van der Waals surface area contributed by atoms with E-state index in [4.69, 9.17) is 4.84 Å². The van der Waals surface area contributed by atoms with Crippen LogP contribution < -0.4 is 0 Å². The van der Waals surface area contributed by atoms with Crippen molar-refractivity contribution >= 4 is 11.9 Å². The lowest BCUT2D eigenvalue weighted by molar-refractivity contribution is -0.177. The van der Waals surface area contributed by atoms with Gasteiger partial charge < -0.3 is 5.11 Å². The predicted molar refractivity (Wildman–Crippen MR) is 72.9 cm³/mol. The van der Waals surface area contributed by atoms with E-state index in [0.29, 0.717) is 0 Å². The van der Waals surface area contributed by atoms with Gasteiger partial charge in [0, 0.05) is 5.92 Å². The molecule has 1 aliphatic rings. The summed E-state index contributed by atoms with van der Waals surface area (Å²) in [5.41, 5.74) is 1.92. The van der Waals surface area contributed by atoms with Crippen molar-refractivity contribution in [2.24, 2.45) is 5.92 Å². The number of hydroxylamine groups is 2. The number of rotatable bonds is 5. The van der Waals surface area contributed by atoms with Crippen LogP contribution in [0.1, 0.15) is 17.0 Å². The van der Waals surface area contributed by atoms with Gasteiger partial charge in [0.25, 0.3) is 5.91 Å². The van der Waals surface area contributed by atoms with Crippen molar-refractivity contribution in [1.82, 2.24) is 5.06 Å². The Kier molecular flexibility index (Phi) is 4.20. The highest BCUT2D eigenvalue weighted by Gasteiger charge is 2.46. The molecule has 5 heteroatoms. The molecule has 1 fully saturated rings. The van der Waals surface area contributed by atoms with E-state index in [2.05, 4.69) is 6.58 Å². The number of amides is 1. The van der Waals surface area contributed by atoms with Crippen molar-refractivity contribution in [2.75, 3.05) is 13.2 Å². The highest BCUT2D eigenvalue weighted by Crippen LogP contribution is 2.34. The summed E-state index contributed by atoms with van der Waals surface area (Å²) in [5, 5.41) is 10.4. The summed E-state index contributed by atoms with van der Waals surface area (Å²) in [4.78, 5) is 28.7. The second kappa shape index (κ2) is 5.88. The molecule has 0 radical (unpaired) electrons. The van der Waals surface area contributed by atoms with Crippen molar-refractivity contribution in [3.05, 3.63) is 48.0 Å². The second-order valence-electron chi connectivity index (χ2n) is 4.82. The fourth-order valence-corrected chi connectivity index (χ4v) is 2.35. The molecular weight excluding hydrogens is 258 g/mol. The van der Waals surface area contributed by atoms with Gasteiger partial charge in [0.15, 0.2) is 0 Å². The molecule has 0 bridgehead atoms. The molecule has 1 aromatic carbocycles. The first-order valence-corrected chi connectivity index (χ1v) is 6.39. The van der Waals surface area contributed by atoms with Crippen molar-refractivity contribution in [3.63, 3.8) is 0 Å². The van der Waals surface area contributed by atoms with E-state index < -0.39 is 23.7 Å². The zero-order valence-electron chi connectivity index (χ0n) is 11.3. The van der Waals surface area contributed by atoms with E-state index >= 15 is 0 Å². The molecule has 1 amide bonds. The van der Waals surface area contributed by atoms with Crippen LogP contribution in [-0.2, 0) is 14.4 Å². The maximum Gasteiger partial charge on any atom is 0.316 e. The first kappa shape index (κ1) is 14.3. The van der Waals surface area contributed by atoms with Gasteiger partial charge in [0.05, 0.1) is 13.2 Å². The number of aryl methyl sites for hydroxylation is 1. The Balaban J connectivity index is 2.26. The average Bonchev–Trinajstić information content (AvgIpc) is 2.74. The quantitative estimate of drug-likeness (QED) is 0.656. The lowest BCUT2D eigenvalue weighted by Gasteiger charge is -2.15. The van der Waals surface area contributed by atoms with Gasteiger partial charge in [-0.3, -0.25) is 14.4 Å². The SMILES string of the molecule is C=CCON1CC(c2ccc(C)cc2)C(C(=O)O)C1=O. The lowest BCUT2D eigenvalue weighted by atomic mass is 9.88. The van der Waals surface area contributed by atoms with Gasteiger partial charge in [0.2, 0.25) is 0 Å². The number of hydrogen-bond donors (Lipinski definition) is 1. The molecule has 20 heavy (non-hydrogen) atoms. The second-order valence-corrected chi connectivity index (χ2v) is 4.82. The molecule has 2 rings (SSSR count). The Morgan fingerprint density at radius 1 is 1.50 bits per heavy atom. The summed E-state index contributed by atoms with van der Waals surface area (Å²) in [7, 11) is 0. The van der Waals surface area contributed by atoms with E-state index in [1.54, 1.807) is 0 Å². The van der Waals surface area contributed by atoms with E-state index in [9.17, 15) is 14.7 Å². The molecule has 0 spiro atoms. The zero-order chi connectivity index (χ0) is 14.7. The van der Waals surface area contributed by atoms with Gasteiger partial charge in [-0.05, 0) is 12.5 Å². The lowest BCUT2D eigenvalue weighted by Crippen LogP contribution is -2.30. The predicted octanol–water partition coefficient (Wildman–Crippen LogP) is 1.74. The molecule has 1 heterocycles. The number of hydrogen-bond acceptors (Lipinski definition) is 3. The Morgan fingerprint density at radius 2 is 2.15 bits per heavy atom.